The van der Waals surface area contributed by atoms with Crippen LogP contribution in [0.15, 0.2) is 24.4 Å². The normalized spacial score (nSPS) is 20.5. The lowest BCUT2D eigenvalue weighted by atomic mass is 9.73. The molecule has 2 aromatic heterocycles. The van der Waals surface area contributed by atoms with Gasteiger partial charge in [-0.1, -0.05) is 19.9 Å². The van der Waals surface area contributed by atoms with Crippen LogP contribution in [0.5, 0.6) is 5.88 Å². The second-order valence-electron chi connectivity index (χ2n) is 8.04. The fourth-order valence-electron chi connectivity index (χ4n) is 3.61. The molecule has 1 saturated carbocycles. The van der Waals surface area contributed by atoms with Gasteiger partial charge >= 0.3 is 0 Å². The van der Waals surface area contributed by atoms with Crippen molar-refractivity contribution in [1.82, 2.24) is 15.0 Å². The molecule has 2 heterocycles. The lowest BCUT2D eigenvalue weighted by Gasteiger charge is -2.40. The highest BCUT2D eigenvalue weighted by molar-refractivity contribution is 5.54. The minimum absolute atomic E-state index is 0.157. The molecular weight excluding hydrogens is 368 g/mol. The molecule has 2 aromatic rings. The Labute approximate surface area is 171 Å². The maximum Gasteiger partial charge on any atom is 0.224 e. The Morgan fingerprint density at radius 2 is 2.14 bits per heavy atom. The molecule has 1 aliphatic carbocycles. The predicted molar refractivity (Wildman–Crippen MR) is 111 cm³/mol. The van der Waals surface area contributed by atoms with Gasteiger partial charge in [-0.25, -0.2) is 9.97 Å². The topological polar surface area (TPSA) is 116 Å². The number of aliphatic hydroxyl groups excluding tert-OH is 1. The Bertz CT molecular complexity index is 880. The summed E-state index contributed by atoms with van der Waals surface area (Å²) in [5.74, 6) is 1.58. The average molecular weight is 396 g/mol. The molecule has 1 fully saturated rings. The third-order valence-electron chi connectivity index (χ3n) is 5.37. The molecule has 154 valence electrons. The van der Waals surface area contributed by atoms with Crippen LogP contribution in [0.4, 0.5) is 11.8 Å². The van der Waals surface area contributed by atoms with Crippen LogP contribution in [0.3, 0.4) is 0 Å². The van der Waals surface area contributed by atoms with Gasteiger partial charge in [0.1, 0.15) is 17.5 Å². The van der Waals surface area contributed by atoms with Crippen LogP contribution in [0.25, 0.3) is 0 Å². The molecule has 29 heavy (non-hydrogen) atoms. The summed E-state index contributed by atoms with van der Waals surface area (Å²) in [5, 5.41) is 26.1. The number of methoxy groups -OCH3 is 1. The van der Waals surface area contributed by atoms with Crippen LogP contribution in [-0.2, 0) is 6.42 Å². The van der Waals surface area contributed by atoms with Crippen molar-refractivity contribution in [1.29, 1.82) is 5.26 Å². The summed E-state index contributed by atoms with van der Waals surface area (Å²) in [6.45, 7) is 4.74. The molecule has 0 amide bonds. The van der Waals surface area contributed by atoms with Crippen LogP contribution in [0.2, 0.25) is 0 Å². The summed E-state index contributed by atoms with van der Waals surface area (Å²) in [5.41, 5.74) is 1.15. The Kier molecular flexibility index (Phi) is 6.49. The number of rotatable bonds is 7. The average Bonchev–Trinajstić information content (AvgIpc) is 2.71. The number of aromatic nitrogens is 3. The van der Waals surface area contributed by atoms with Gasteiger partial charge in [0.15, 0.2) is 0 Å². The number of anilines is 2. The summed E-state index contributed by atoms with van der Waals surface area (Å²) in [6.07, 6.45) is 4.30. The second-order valence-corrected chi connectivity index (χ2v) is 8.04. The standard InChI is InChI=1S/C21H28N6O2/c1-21(2)11-16(7-8-17(21)28)26-19-14(12-22)13-24-20(27-19)23-10-9-15-5-4-6-18(25-15)29-3/h4-6,13,16-17,28H,7-11H2,1-3H3,(H2,23,24,26,27)/t16-,17+/m1/s1. The Morgan fingerprint density at radius 3 is 2.86 bits per heavy atom. The van der Waals surface area contributed by atoms with Gasteiger partial charge in [0, 0.05) is 30.8 Å². The van der Waals surface area contributed by atoms with E-state index in [4.69, 9.17) is 4.74 Å². The zero-order chi connectivity index (χ0) is 20.9. The highest BCUT2D eigenvalue weighted by Gasteiger charge is 2.35. The number of hydrogen-bond acceptors (Lipinski definition) is 8. The molecule has 0 aromatic carbocycles. The van der Waals surface area contributed by atoms with E-state index in [0.29, 0.717) is 36.2 Å². The molecule has 0 spiro atoms. The molecular formula is C21H28N6O2. The van der Waals surface area contributed by atoms with E-state index in [1.54, 1.807) is 7.11 Å². The SMILES string of the molecule is COc1cccc(CCNc2ncc(C#N)c(N[C@@H]3CC[C@H](O)C(C)(C)C3)n2)n1. The summed E-state index contributed by atoms with van der Waals surface area (Å²) < 4.78 is 5.14. The van der Waals surface area contributed by atoms with Crippen molar-refractivity contribution in [3.63, 3.8) is 0 Å². The van der Waals surface area contributed by atoms with Crippen molar-refractivity contribution >= 4 is 11.8 Å². The van der Waals surface area contributed by atoms with Gasteiger partial charge in [-0.15, -0.1) is 0 Å². The minimum Gasteiger partial charge on any atom is -0.481 e. The lowest BCUT2D eigenvalue weighted by molar-refractivity contribution is 0.00926. The van der Waals surface area contributed by atoms with Gasteiger partial charge in [0.25, 0.3) is 0 Å². The van der Waals surface area contributed by atoms with Crippen LogP contribution >= 0.6 is 0 Å². The zero-order valence-corrected chi connectivity index (χ0v) is 17.1. The van der Waals surface area contributed by atoms with Gasteiger partial charge in [0.05, 0.1) is 19.4 Å². The number of aliphatic hydroxyl groups is 1. The quantitative estimate of drug-likeness (QED) is 0.654. The highest BCUT2D eigenvalue weighted by atomic mass is 16.5. The number of nitriles is 1. The van der Waals surface area contributed by atoms with Gasteiger partial charge in [-0.2, -0.15) is 10.2 Å². The van der Waals surface area contributed by atoms with Gasteiger partial charge < -0.3 is 20.5 Å². The van der Waals surface area contributed by atoms with Crippen LogP contribution in [-0.4, -0.2) is 45.9 Å². The molecule has 8 heteroatoms. The smallest absolute Gasteiger partial charge is 0.224 e. The summed E-state index contributed by atoms with van der Waals surface area (Å²) in [6, 6.07) is 7.96. The molecule has 3 N–H and O–H groups in total. The summed E-state index contributed by atoms with van der Waals surface area (Å²) >= 11 is 0. The van der Waals surface area contributed by atoms with E-state index < -0.39 is 0 Å². The van der Waals surface area contributed by atoms with E-state index >= 15 is 0 Å². The van der Waals surface area contributed by atoms with E-state index in [1.165, 1.54) is 6.20 Å². The minimum atomic E-state index is -0.302. The van der Waals surface area contributed by atoms with Crippen molar-refractivity contribution in [2.75, 3.05) is 24.3 Å². The Balaban J connectivity index is 1.63. The van der Waals surface area contributed by atoms with E-state index in [9.17, 15) is 10.4 Å². The first kappa shape index (κ1) is 20.8. The van der Waals surface area contributed by atoms with Crippen molar-refractivity contribution in [3.8, 4) is 11.9 Å². The van der Waals surface area contributed by atoms with E-state index in [2.05, 4.69) is 45.5 Å². The van der Waals surface area contributed by atoms with Crippen molar-refractivity contribution in [3.05, 3.63) is 35.7 Å². The lowest BCUT2D eigenvalue weighted by Crippen LogP contribution is -2.41. The number of nitrogens with one attached hydrogen (secondary N) is 2. The van der Waals surface area contributed by atoms with E-state index in [0.717, 1.165) is 25.0 Å². The zero-order valence-electron chi connectivity index (χ0n) is 17.1. The molecule has 0 radical (unpaired) electrons. The van der Waals surface area contributed by atoms with Gasteiger partial charge in [0.2, 0.25) is 11.8 Å². The number of pyridine rings is 1. The first-order chi connectivity index (χ1) is 13.9. The molecule has 8 nitrogen and oxygen atoms in total. The Morgan fingerprint density at radius 1 is 1.31 bits per heavy atom. The summed E-state index contributed by atoms with van der Waals surface area (Å²) in [4.78, 5) is 13.1. The first-order valence-corrected chi connectivity index (χ1v) is 9.87. The van der Waals surface area contributed by atoms with E-state index in [1.807, 2.05) is 18.2 Å². The molecule has 0 unspecified atom stereocenters. The maximum atomic E-state index is 10.2. The van der Waals surface area contributed by atoms with E-state index in [-0.39, 0.29) is 17.6 Å². The maximum absolute atomic E-state index is 10.2. The van der Waals surface area contributed by atoms with Crippen LogP contribution in [0.1, 0.15) is 44.4 Å². The van der Waals surface area contributed by atoms with Crippen molar-refractivity contribution < 1.29 is 9.84 Å². The number of ether oxygens (including phenoxy) is 1. The van der Waals surface area contributed by atoms with Crippen LogP contribution in [0, 0.1) is 16.7 Å². The molecule has 0 saturated heterocycles. The summed E-state index contributed by atoms with van der Waals surface area (Å²) in [7, 11) is 1.59. The third kappa shape index (κ3) is 5.33. The highest BCUT2D eigenvalue weighted by Crippen LogP contribution is 2.36. The Hall–Kier alpha value is -2.92. The first-order valence-electron chi connectivity index (χ1n) is 9.87. The van der Waals surface area contributed by atoms with Gasteiger partial charge in [-0.05, 0) is 30.7 Å². The van der Waals surface area contributed by atoms with Crippen LogP contribution < -0.4 is 15.4 Å². The number of nitrogens with zero attached hydrogens (tertiary/aromatic N) is 4. The second kappa shape index (κ2) is 9.05. The molecule has 0 aliphatic heterocycles. The third-order valence-corrected chi connectivity index (χ3v) is 5.37. The van der Waals surface area contributed by atoms with Crippen molar-refractivity contribution in [2.24, 2.45) is 5.41 Å². The molecule has 0 bridgehead atoms. The fraction of sp³-hybridized carbons (Fsp3) is 0.524. The number of hydrogen-bond donors (Lipinski definition) is 3. The van der Waals surface area contributed by atoms with Crippen molar-refractivity contribution in [2.45, 2.75) is 51.7 Å². The molecule has 2 atom stereocenters. The molecule has 1 aliphatic rings. The largest absolute Gasteiger partial charge is 0.481 e. The molecule has 3 rings (SSSR count). The van der Waals surface area contributed by atoms with Gasteiger partial charge in [-0.3, -0.25) is 0 Å². The fourth-order valence-corrected chi connectivity index (χ4v) is 3.61. The monoisotopic (exact) mass is 396 g/mol. The predicted octanol–water partition coefficient (Wildman–Crippen LogP) is 2.76.